The van der Waals surface area contributed by atoms with Gasteiger partial charge in [0.25, 0.3) is 0 Å². The third-order valence-corrected chi connectivity index (χ3v) is 5.78. The molecule has 1 aromatic carbocycles. The van der Waals surface area contributed by atoms with Crippen LogP contribution in [-0.4, -0.2) is 48.8 Å². The van der Waals surface area contributed by atoms with Crippen molar-refractivity contribution in [2.45, 2.75) is 60.2 Å². The van der Waals surface area contributed by atoms with Crippen LogP contribution in [0.1, 0.15) is 57.1 Å². The topological polar surface area (TPSA) is 110 Å². The molecule has 2 rings (SSSR count). The van der Waals surface area contributed by atoms with Crippen LogP contribution in [0.2, 0.25) is 5.02 Å². The molecule has 3 atom stereocenters. The van der Waals surface area contributed by atoms with Gasteiger partial charge in [0, 0.05) is 25.6 Å². The first-order chi connectivity index (χ1) is 17.4. The van der Waals surface area contributed by atoms with Gasteiger partial charge < -0.3 is 23.7 Å². The van der Waals surface area contributed by atoms with E-state index in [9.17, 15) is 14.4 Å². The average molecular weight is 536 g/mol. The second-order valence-corrected chi connectivity index (χ2v) is 9.43. The molecule has 0 amide bonds. The lowest BCUT2D eigenvalue weighted by atomic mass is 10.00. The lowest BCUT2D eigenvalue weighted by Crippen LogP contribution is -2.39. The van der Waals surface area contributed by atoms with E-state index in [2.05, 4.69) is 4.98 Å². The van der Waals surface area contributed by atoms with Crippen molar-refractivity contribution in [1.82, 2.24) is 4.98 Å². The molecular weight excluding hydrogens is 502 g/mol. The first-order valence-corrected chi connectivity index (χ1v) is 12.3. The number of hydrogen-bond acceptors (Lipinski definition) is 9. The Balaban J connectivity index is 2.10. The van der Waals surface area contributed by atoms with E-state index in [0.29, 0.717) is 10.8 Å². The molecule has 0 saturated heterocycles. The van der Waals surface area contributed by atoms with Crippen LogP contribution in [-0.2, 0) is 19.1 Å². The zero-order valence-corrected chi connectivity index (χ0v) is 23.0. The van der Waals surface area contributed by atoms with Gasteiger partial charge in [-0.3, -0.25) is 14.4 Å². The summed E-state index contributed by atoms with van der Waals surface area (Å²) in [4.78, 5) is 41.2. The van der Waals surface area contributed by atoms with Crippen molar-refractivity contribution >= 4 is 29.3 Å². The molecule has 0 spiro atoms. The largest absolute Gasteiger partial charge is 0.493 e. The minimum atomic E-state index is -0.779. The number of esters is 2. The van der Waals surface area contributed by atoms with Crippen LogP contribution < -0.4 is 14.2 Å². The highest BCUT2D eigenvalue weighted by Gasteiger charge is 2.31. The number of nitrogens with zero attached hydrogens (tertiary/aromatic N) is 1. The number of carbonyl (C=O) groups excluding carboxylic acids is 3. The van der Waals surface area contributed by atoms with Crippen molar-refractivity contribution in [1.29, 1.82) is 0 Å². The molecule has 1 aromatic heterocycles. The summed E-state index contributed by atoms with van der Waals surface area (Å²) in [6.45, 7) is 9.96. The second-order valence-electron chi connectivity index (χ2n) is 9.02. The number of pyridine rings is 1. The van der Waals surface area contributed by atoms with Gasteiger partial charge in [-0.1, -0.05) is 38.4 Å². The van der Waals surface area contributed by atoms with Crippen LogP contribution in [0.5, 0.6) is 17.2 Å². The summed E-state index contributed by atoms with van der Waals surface area (Å²) >= 11 is 6.29. The molecule has 0 aliphatic heterocycles. The highest BCUT2D eigenvalue weighted by atomic mass is 35.5. The van der Waals surface area contributed by atoms with E-state index in [4.69, 9.17) is 35.3 Å². The minimum Gasteiger partial charge on any atom is -0.493 e. The number of ketones is 1. The maximum Gasteiger partial charge on any atom is 0.309 e. The normalized spacial score (nSPS) is 13.3. The Hall–Kier alpha value is -3.33. The first kappa shape index (κ1) is 29.9. The third kappa shape index (κ3) is 8.63. The number of hydrogen-bond donors (Lipinski definition) is 0. The number of aromatic nitrogens is 1. The Kier molecular flexibility index (Phi) is 11.2. The predicted octanol–water partition coefficient (Wildman–Crippen LogP) is 5.20. The molecule has 202 valence electrons. The molecule has 0 unspecified atom stereocenters. The van der Waals surface area contributed by atoms with Gasteiger partial charge in [-0.15, -0.1) is 0 Å². The number of methoxy groups -OCH3 is 1. The summed E-state index contributed by atoms with van der Waals surface area (Å²) in [5.74, 6) is -1.65. The van der Waals surface area contributed by atoms with E-state index in [-0.39, 0.29) is 29.5 Å². The van der Waals surface area contributed by atoms with Crippen molar-refractivity contribution in [2.75, 3.05) is 13.9 Å². The third-order valence-electron chi connectivity index (χ3n) is 5.48. The van der Waals surface area contributed by atoms with Gasteiger partial charge in [-0.2, -0.15) is 0 Å². The highest BCUT2D eigenvalue weighted by molar-refractivity contribution is 6.32. The predicted molar refractivity (Wildman–Crippen MR) is 137 cm³/mol. The number of rotatable bonds is 13. The van der Waals surface area contributed by atoms with Gasteiger partial charge in [0.2, 0.25) is 6.79 Å². The molecular formula is C27H34ClNO8. The van der Waals surface area contributed by atoms with E-state index < -0.39 is 42.6 Å². The molecule has 37 heavy (non-hydrogen) atoms. The van der Waals surface area contributed by atoms with Gasteiger partial charge in [0.05, 0.1) is 18.1 Å². The molecule has 0 aliphatic rings. The van der Waals surface area contributed by atoms with Crippen LogP contribution >= 0.6 is 11.6 Å². The van der Waals surface area contributed by atoms with Crippen LogP contribution in [0.3, 0.4) is 0 Å². The monoisotopic (exact) mass is 535 g/mol. The highest BCUT2D eigenvalue weighted by Crippen LogP contribution is 2.32. The van der Waals surface area contributed by atoms with E-state index in [1.807, 2.05) is 26.8 Å². The Morgan fingerprint density at radius 1 is 1.05 bits per heavy atom. The first-order valence-electron chi connectivity index (χ1n) is 11.9. The summed E-state index contributed by atoms with van der Waals surface area (Å²) in [6.07, 6.45) is 0.123. The van der Waals surface area contributed by atoms with Crippen molar-refractivity contribution in [3.8, 4) is 17.2 Å². The van der Waals surface area contributed by atoms with Crippen molar-refractivity contribution in [3.63, 3.8) is 0 Å². The smallest absolute Gasteiger partial charge is 0.309 e. The Morgan fingerprint density at radius 3 is 2.35 bits per heavy atom. The lowest BCUT2D eigenvalue weighted by molar-refractivity contribution is -0.161. The second kappa shape index (κ2) is 13.8. The van der Waals surface area contributed by atoms with Crippen molar-refractivity contribution in [3.05, 3.63) is 46.7 Å². The van der Waals surface area contributed by atoms with Crippen LogP contribution in [0, 0.1) is 18.8 Å². The molecule has 1 heterocycles. The maximum absolute atomic E-state index is 13.1. The molecule has 0 fully saturated rings. The van der Waals surface area contributed by atoms with Crippen LogP contribution in [0.4, 0.5) is 0 Å². The summed E-state index contributed by atoms with van der Waals surface area (Å²) in [7, 11) is 1.40. The van der Waals surface area contributed by atoms with E-state index in [1.165, 1.54) is 26.3 Å². The number of benzene rings is 1. The van der Waals surface area contributed by atoms with Gasteiger partial charge in [0.1, 0.15) is 18.0 Å². The standard InChI is InChI=1S/C27H34ClNO8/c1-15(2)25(18(5)36-22-9-8-16(3)12-20(22)28)37-27(32)17(4)13-21(31)24-26(35-14-34-19(6)30)23(33-7)10-11-29-24/h8-12,15,17-18,25H,13-14H2,1-7H3/t17-,18+,25-/m1/s1. The molecule has 9 nitrogen and oxygen atoms in total. The Morgan fingerprint density at radius 2 is 1.76 bits per heavy atom. The van der Waals surface area contributed by atoms with E-state index in [0.717, 1.165) is 5.56 Å². The van der Waals surface area contributed by atoms with Gasteiger partial charge >= 0.3 is 11.9 Å². The average Bonchev–Trinajstić information content (AvgIpc) is 2.83. The Labute approximate surface area is 222 Å². The number of aryl methyl sites for hydroxylation is 1. The number of halogens is 1. The zero-order valence-electron chi connectivity index (χ0n) is 22.2. The molecule has 0 saturated carbocycles. The van der Waals surface area contributed by atoms with Crippen LogP contribution in [0.15, 0.2) is 30.5 Å². The number of ether oxygens (including phenoxy) is 5. The van der Waals surface area contributed by atoms with Crippen molar-refractivity contribution in [2.24, 2.45) is 11.8 Å². The fourth-order valence-electron chi connectivity index (χ4n) is 3.55. The minimum absolute atomic E-state index is 0.0221. The molecule has 0 bridgehead atoms. The summed E-state index contributed by atoms with van der Waals surface area (Å²) < 4.78 is 27.3. The van der Waals surface area contributed by atoms with Gasteiger partial charge in [-0.05, 0) is 37.5 Å². The van der Waals surface area contributed by atoms with Crippen molar-refractivity contribution < 1.29 is 38.1 Å². The molecule has 0 radical (unpaired) electrons. The van der Waals surface area contributed by atoms with Gasteiger partial charge in [-0.25, -0.2) is 4.98 Å². The fourth-order valence-corrected chi connectivity index (χ4v) is 3.83. The summed E-state index contributed by atoms with van der Waals surface area (Å²) in [5.41, 5.74) is 0.957. The number of Topliss-reactive ketones (excluding diaryl/α,β-unsaturated/α-hetero) is 1. The quantitative estimate of drug-likeness (QED) is 0.194. The molecule has 10 heteroatoms. The van der Waals surface area contributed by atoms with E-state index >= 15 is 0 Å². The number of carbonyl (C=O) groups is 3. The Bertz CT molecular complexity index is 1100. The molecule has 2 aromatic rings. The lowest BCUT2D eigenvalue weighted by Gasteiger charge is -2.29. The summed E-state index contributed by atoms with van der Waals surface area (Å²) in [6, 6.07) is 6.96. The maximum atomic E-state index is 13.1. The molecule has 0 N–H and O–H groups in total. The summed E-state index contributed by atoms with van der Waals surface area (Å²) in [5, 5.41) is 0.470. The zero-order chi connectivity index (χ0) is 27.7. The van der Waals surface area contributed by atoms with Crippen LogP contribution in [0.25, 0.3) is 0 Å². The SMILES string of the molecule is COc1ccnc(C(=O)C[C@@H](C)C(=O)O[C@H](C(C)C)[C@H](C)Oc2ccc(C)cc2Cl)c1OCOC(C)=O. The molecule has 0 aliphatic carbocycles. The fraction of sp³-hybridized carbons (Fsp3) is 0.481. The van der Waals surface area contributed by atoms with E-state index in [1.54, 1.807) is 26.0 Å². The van der Waals surface area contributed by atoms with Gasteiger partial charge in [0.15, 0.2) is 23.0 Å².